The van der Waals surface area contributed by atoms with Gasteiger partial charge in [-0.3, -0.25) is 0 Å². The van der Waals surface area contributed by atoms with Crippen molar-refractivity contribution in [3.63, 3.8) is 0 Å². The van der Waals surface area contributed by atoms with Crippen LogP contribution in [0.25, 0.3) is 0 Å². The van der Waals surface area contributed by atoms with Crippen molar-refractivity contribution < 1.29 is 0 Å². The van der Waals surface area contributed by atoms with Crippen LogP contribution in [0.2, 0.25) is 0 Å². The zero-order valence-corrected chi connectivity index (χ0v) is 9.49. The summed E-state index contributed by atoms with van der Waals surface area (Å²) in [5.74, 6) is -0.0637. The highest BCUT2D eigenvalue weighted by Gasteiger charge is 2.08. The van der Waals surface area contributed by atoms with Crippen molar-refractivity contribution in [2.45, 2.75) is 5.92 Å². The molecule has 0 radical (unpaired) electrons. The second-order valence-corrected chi connectivity index (χ2v) is 3.73. The number of anilines is 1. The number of nitrogens with one attached hydrogen (secondary N) is 1. The maximum absolute atomic E-state index is 8.99. The molecule has 3 nitrogen and oxygen atoms in total. The van der Waals surface area contributed by atoms with E-state index in [2.05, 4.69) is 11.4 Å². The molecule has 15 heavy (non-hydrogen) atoms. The molecule has 0 bridgehead atoms. The van der Waals surface area contributed by atoms with Gasteiger partial charge in [-0.05, 0) is 24.7 Å². The summed E-state index contributed by atoms with van der Waals surface area (Å²) >= 11 is 0. The Morgan fingerprint density at radius 1 is 1.33 bits per heavy atom. The van der Waals surface area contributed by atoms with E-state index in [-0.39, 0.29) is 5.92 Å². The summed E-state index contributed by atoms with van der Waals surface area (Å²) in [6.07, 6.45) is 0. The Hall–Kier alpha value is -1.53. The fraction of sp³-hybridized carbons (Fsp3) is 0.417. The summed E-state index contributed by atoms with van der Waals surface area (Å²) in [6.45, 7) is 0.692. The van der Waals surface area contributed by atoms with E-state index in [1.54, 1.807) is 0 Å². The van der Waals surface area contributed by atoms with Gasteiger partial charge in [-0.2, -0.15) is 5.26 Å². The molecular weight excluding hydrogens is 186 g/mol. The first-order chi connectivity index (χ1) is 7.19. The lowest BCUT2D eigenvalue weighted by Crippen LogP contribution is -2.16. The highest BCUT2D eigenvalue weighted by Crippen LogP contribution is 2.18. The number of nitrogens with zero attached hydrogens (tertiary/aromatic N) is 2. The molecule has 0 aliphatic rings. The van der Waals surface area contributed by atoms with Crippen LogP contribution in [0, 0.1) is 11.3 Å². The Morgan fingerprint density at radius 2 is 1.93 bits per heavy atom. The van der Waals surface area contributed by atoms with E-state index in [0.717, 1.165) is 11.3 Å². The minimum Gasteiger partial charge on any atom is -0.378 e. The average Bonchev–Trinajstić information content (AvgIpc) is 2.26. The minimum atomic E-state index is -0.0637. The van der Waals surface area contributed by atoms with Gasteiger partial charge in [-0.15, -0.1) is 0 Å². The molecule has 0 fully saturated rings. The molecule has 1 unspecified atom stereocenters. The average molecular weight is 203 g/mol. The highest BCUT2D eigenvalue weighted by atomic mass is 15.1. The molecule has 0 aliphatic carbocycles. The third kappa shape index (κ3) is 2.97. The summed E-state index contributed by atoms with van der Waals surface area (Å²) in [5, 5.41) is 12.0. The molecule has 0 spiro atoms. The number of benzene rings is 1. The molecule has 0 aromatic heterocycles. The first kappa shape index (κ1) is 11.5. The Kier molecular flexibility index (Phi) is 4.14. The van der Waals surface area contributed by atoms with Crippen molar-refractivity contribution in [3.8, 4) is 6.07 Å². The highest BCUT2D eigenvalue weighted by molar-refractivity contribution is 5.47. The van der Waals surface area contributed by atoms with Gasteiger partial charge >= 0.3 is 0 Å². The lowest BCUT2D eigenvalue weighted by atomic mass is 10.0. The van der Waals surface area contributed by atoms with E-state index in [9.17, 15) is 0 Å². The van der Waals surface area contributed by atoms with Crippen LogP contribution in [0.15, 0.2) is 24.3 Å². The minimum absolute atomic E-state index is 0.0637. The van der Waals surface area contributed by atoms with Crippen molar-refractivity contribution in [2.24, 2.45) is 0 Å². The zero-order chi connectivity index (χ0) is 11.3. The van der Waals surface area contributed by atoms with Crippen LogP contribution >= 0.6 is 0 Å². The molecule has 80 valence electrons. The third-order valence-electron chi connectivity index (χ3n) is 2.38. The van der Waals surface area contributed by atoms with E-state index in [1.165, 1.54) is 0 Å². The second kappa shape index (κ2) is 5.38. The predicted molar refractivity (Wildman–Crippen MR) is 63.0 cm³/mol. The van der Waals surface area contributed by atoms with Gasteiger partial charge in [0.1, 0.15) is 0 Å². The van der Waals surface area contributed by atoms with Gasteiger partial charge in [0, 0.05) is 26.3 Å². The molecule has 3 heteroatoms. The molecule has 1 aromatic rings. The smallest absolute Gasteiger partial charge is 0.0837 e. The lowest BCUT2D eigenvalue weighted by molar-refractivity contribution is 0.734. The van der Waals surface area contributed by atoms with E-state index < -0.39 is 0 Å². The van der Waals surface area contributed by atoms with Crippen LogP contribution in [-0.2, 0) is 0 Å². The number of hydrogen-bond donors (Lipinski definition) is 1. The number of rotatable bonds is 4. The first-order valence-corrected chi connectivity index (χ1v) is 5.00. The lowest BCUT2D eigenvalue weighted by Gasteiger charge is -2.14. The van der Waals surface area contributed by atoms with E-state index in [4.69, 9.17) is 5.26 Å². The van der Waals surface area contributed by atoms with Crippen LogP contribution in [0.5, 0.6) is 0 Å². The van der Waals surface area contributed by atoms with Gasteiger partial charge in [0.05, 0.1) is 12.0 Å². The normalized spacial score (nSPS) is 11.9. The predicted octanol–water partition coefficient (Wildman–Crippen LogP) is 1.58. The Labute approximate surface area is 91.3 Å². The Morgan fingerprint density at radius 3 is 2.33 bits per heavy atom. The van der Waals surface area contributed by atoms with E-state index in [0.29, 0.717) is 6.54 Å². The molecule has 0 amide bonds. The van der Waals surface area contributed by atoms with E-state index in [1.807, 2.05) is 50.3 Å². The van der Waals surface area contributed by atoms with Crippen molar-refractivity contribution in [2.75, 3.05) is 32.6 Å². The second-order valence-electron chi connectivity index (χ2n) is 3.73. The van der Waals surface area contributed by atoms with Crippen molar-refractivity contribution >= 4 is 5.69 Å². The fourth-order valence-electron chi connectivity index (χ4n) is 1.45. The summed E-state index contributed by atoms with van der Waals surface area (Å²) < 4.78 is 0. The van der Waals surface area contributed by atoms with Gasteiger partial charge in [-0.1, -0.05) is 12.1 Å². The van der Waals surface area contributed by atoms with Gasteiger partial charge in [0.25, 0.3) is 0 Å². The maximum atomic E-state index is 8.99. The van der Waals surface area contributed by atoms with Gasteiger partial charge in [0.2, 0.25) is 0 Å². The van der Waals surface area contributed by atoms with Crippen LogP contribution < -0.4 is 10.2 Å². The first-order valence-electron chi connectivity index (χ1n) is 5.00. The third-order valence-corrected chi connectivity index (χ3v) is 2.38. The van der Waals surface area contributed by atoms with Crippen LogP contribution in [-0.4, -0.2) is 27.7 Å². The number of likely N-dealkylation sites (N-methyl/N-ethyl adjacent to an activating group) is 1. The van der Waals surface area contributed by atoms with Gasteiger partial charge < -0.3 is 10.2 Å². The SMILES string of the molecule is CNCC(C#N)c1ccc(N(C)C)cc1. The number of hydrogen-bond acceptors (Lipinski definition) is 3. The molecular formula is C12H17N3. The van der Waals surface area contributed by atoms with Gasteiger partial charge in [0.15, 0.2) is 0 Å². The summed E-state index contributed by atoms with van der Waals surface area (Å²) in [7, 11) is 5.87. The molecule has 1 N–H and O–H groups in total. The van der Waals surface area contributed by atoms with Crippen molar-refractivity contribution in [1.82, 2.24) is 5.32 Å². The van der Waals surface area contributed by atoms with Gasteiger partial charge in [-0.25, -0.2) is 0 Å². The molecule has 0 aliphatic heterocycles. The zero-order valence-electron chi connectivity index (χ0n) is 9.49. The Bertz CT molecular complexity index is 335. The van der Waals surface area contributed by atoms with E-state index >= 15 is 0 Å². The standard InChI is InChI=1S/C12H17N3/c1-14-9-11(8-13)10-4-6-12(7-5-10)15(2)3/h4-7,11,14H,9H2,1-3H3. The molecule has 0 saturated carbocycles. The quantitative estimate of drug-likeness (QED) is 0.807. The molecule has 1 atom stereocenters. The molecule has 0 saturated heterocycles. The summed E-state index contributed by atoms with van der Waals surface area (Å²) in [5.41, 5.74) is 2.22. The molecule has 0 heterocycles. The van der Waals surface area contributed by atoms with Crippen LogP contribution in [0.1, 0.15) is 11.5 Å². The largest absolute Gasteiger partial charge is 0.378 e. The summed E-state index contributed by atoms with van der Waals surface area (Å²) in [6, 6.07) is 10.4. The fourth-order valence-corrected chi connectivity index (χ4v) is 1.45. The molecule has 1 aromatic carbocycles. The molecule has 1 rings (SSSR count). The topological polar surface area (TPSA) is 39.1 Å². The van der Waals surface area contributed by atoms with Crippen molar-refractivity contribution in [3.05, 3.63) is 29.8 Å². The number of nitriles is 1. The maximum Gasteiger partial charge on any atom is 0.0837 e. The van der Waals surface area contributed by atoms with Crippen molar-refractivity contribution in [1.29, 1.82) is 5.26 Å². The Balaban J connectivity index is 2.83. The summed E-state index contributed by atoms with van der Waals surface area (Å²) in [4.78, 5) is 2.04. The van der Waals surface area contributed by atoms with Crippen LogP contribution in [0.4, 0.5) is 5.69 Å². The van der Waals surface area contributed by atoms with Crippen LogP contribution in [0.3, 0.4) is 0 Å². The monoisotopic (exact) mass is 203 g/mol.